The van der Waals surface area contributed by atoms with E-state index in [-0.39, 0.29) is 12.1 Å². The molecule has 1 saturated heterocycles. The van der Waals surface area contributed by atoms with E-state index in [1.807, 2.05) is 13.0 Å². The number of hydrogen-bond donors (Lipinski definition) is 1. The van der Waals surface area contributed by atoms with E-state index in [1.54, 1.807) is 25.3 Å². The van der Waals surface area contributed by atoms with E-state index < -0.39 is 10.0 Å². The number of nitrogens with zero attached hydrogens (tertiary/aromatic N) is 1. The Morgan fingerprint density at radius 2 is 2.21 bits per heavy atom. The van der Waals surface area contributed by atoms with Gasteiger partial charge in [-0.1, -0.05) is 12.1 Å². The van der Waals surface area contributed by atoms with Crippen molar-refractivity contribution in [2.45, 2.75) is 30.4 Å². The minimum Gasteiger partial charge on any atom is -0.380 e. The Balaban J connectivity index is 2.27. The first kappa shape index (κ1) is 14.5. The summed E-state index contributed by atoms with van der Waals surface area (Å²) in [7, 11) is -1.83. The van der Waals surface area contributed by atoms with Gasteiger partial charge in [-0.2, -0.15) is 4.31 Å². The molecular formula is C13H20N2O3S. The lowest BCUT2D eigenvalue weighted by Gasteiger charge is -2.17. The van der Waals surface area contributed by atoms with Gasteiger partial charge in [0.15, 0.2) is 0 Å². The minimum absolute atomic E-state index is 0.00797. The molecular weight excluding hydrogens is 264 g/mol. The molecule has 2 N–H and O–H groups in total. The largest absolute Gasteiger partial charge is 0.380 e. The number of nitrogens with two attached hydrogens (primary N) is 1. The van der Waals surface area contributed by atoms with Crippen LogP contribution in [0.3, 0.4) is 0 Å². The van der Waals surface area contributed by atoms with E-state index in [0.29, 0.717) is 18.0 Å². The molecule has 1 aliphatic heterocycles. The fourth-order valence-electron chi connectivity index (χ4n) is 2.22. The maximum atomic E-state index is 12.5. The molecule has 2 unspecified atom stereocenters. The van der Waals surface area contributed by atoms with Crippen molar-refractivity contribution in [1.82, 2.24) is 4.31 Å². The van der Waals surface area contributed by atoms with Crippen LogP contribution in [0, 0.1) is 0 Å². The Morgan fingerprint density at radius 3 is 2.79 bits per heavy atom. The van der Waals surface area contributed by atoms with Crippen molar-refractivity contribution in [1.29, 1.82) is 0 Å². The van der Waals surface area contributed by atoms with Crippen LogP contribution >= 0.6 is 0 Å². The average molecular weight is 284 g/mol. The van der Waals surface area contributed by atoms with Gasteiger partial charge in [0.2, 0.25) is 10.0 Å². The smallest absolute Gasteiger partial charge is 0.243 e. The number of sulfonamides is 1. The summed E-state index contributed by atoms with van der Waals surface area (Å²) < 4.78 is 31.7. The molecule has 1 aromatic carbocycles. The Kier molecular flexibility index (Phi) is 4.25. The summed E-state index contributed by atoms with van der Waals surface area (Å²) >= 11 is 0. The predicted molar refractivity (Wildman–Crippen MR) is 73.2 cm³/mol. The van der Waals surface area contributed by atoms with Gasteiger partial charge in [0, 0.05) is 26.2 Å². The fourth-order valence-corrected chi connectivity index (χ4v) is 3.76. The number of benzene rings is 1. The molecule has 2 atom stereocenters. The molecule has 0 amide bonds. The zero-order valence-electron chi connectivity index (χ0n) is 11.2. The first-order chi connectivity index (χ1) is 8.95. The predicted octanol–water partition coefficient (Wildman–Crippen LogP) is 1.12. The van der Waals surface area contributed by atoms with Crippen LogP contribution in [-0.2, 0) is 14.8 Å². The van der Waals surface area contributed by atoms with Crippen LogP contribution in [0.25, 0.3) is 0 Å². The van der Waals surface area contributed by atoms with E-state index >= 15 is 0 Å². The van der Waals surface area contributed by atoms with E-state index in [1.165, 1.54) is 4.31 Å². The van der Waals surface area contributed by atoms with Gasteiger partial charge in [-0.3, -0.25) is 0 Å². The van der Waals surface area contributed by atoms with Crippen molar-refractivity contribution >= 4 is 10.0 Å². The van der Waals surface area contributed by atoms with Crippen molar-refractivity contribution in [3.63, 3.8) is 0 Å². The van der Waals surface area contributed by atoms with Crippen molar-refractivity contribution in [2.24, 2.45) is 5.73 Å². The molecule has 0 saturated carbocycles. The summed E-state index contributed by atoms with van der Waals surface area (Å²) in [6.45, 7) is 2.76. The SMILES string of the molecule is COC1CCN(S(=O)(=O)c2cccc(C(C)N)c2)C1. The van der Waals surface area contributed by atoms with Crippen LogP contribution in [0.15, 0.2) is 29.2 Å². The van der Waals surface area contributed by atoms with E-state index in [9.17, 15) is 8.42 Å². The van der Waals surface area contributed by atoms with Crippen LogP contribution in [-0.4, -0.2) is 39.0 Å². The normalized spacial score (nSPS) is 22.6. The van der Waals surface area contributed by atoms with E-state index in [0.717, 1.165) is 12.0 Å². The van der Waals surface area contributed by atoms with Gasteiger partial charge in [-0.05, 0) is 31.0 Å². The molecule has 19 heavy (non-hydrogen) atoms. The molecule has 1 fully saturated rings. The molecule has 0 aliphatic carbocycles. The number of rotatable bonds is 4. The van der Waals surface area contributed by atoms with Crippen molar-refractivity contribution < 1.29 is 13.2 Å². The summed E-state index contributed by atoms with van der Waals surface area (Å²) in [6.07, 6.45) is 0.731. The third-order valence-corrected chi connectivity index (χ3v) is 5.32. The lowest BCUT2D eigenvalue weighted by molar-refractivity contribution is 0.115. The van der Waals surface area contributed by atoms with Gasteiger partial charge in [-0.25, -0.2) is 8.42 Å². The summed E-state index contributed by atoms with van der Waals surface area (Å²) in [5, 5.41) is 0. The van der Waals surface area contributed by atoms with Gasteiger partial charge < -0.3 is 10.5 Å². The first-order valence-corrected chi connectivity index (χ1v) is 7.77. The third kappa shape index (κ3) is 2.97. The monoisotopic (exact) mass is 284 g/mol. The summed E-state index contributed by atoms with van der Waals surface area (Å²) in [6, 6.07) is 6.66. The van der Waals surface area contributed by atoms with Crippen LogP contribution in [0.5, 0.6) is 0 Å². The highest BCUT2D eigenvalue weighted by Gasteiger charge is 2.32. The third-order valence-electron chi connectivity index (χ3n) is 3.46. The zero-order valence-corrected chi connectivity index (χ0v) is 12.1. The summed E-state index contributed by atoms with van der Waals surface area (Å²) in [5.41, 5.74) is 6.62. The molecule has 1 aromatic rings. The van der Waals surface area contributed by atoms with Gasteiger partial charge in [-0.15, -0.1) is 0 Å². The number of methoxy groups -OCH3 is 1. The second-order valence-corrected chi connectivity index (χ2v) is 6.81. The molecule has 0 spiro atoms. The minimum atomic E-state index is -3.44. The molecule has 0 bridgehead atoms. The maximum Gasteiger partial charge on any atom is 0.243 e. The number of ether oxygens (including phenoxy) is 1. The second-order valence-electron chi connectivity index (χ2n) is 4.87. The quantitative estimate of drug-likeness (QED) is 0.899. The highest BCUT2D eigenvalue weighted by molar-refractivity contribution is 7.89. The Bertz CT molecular complexity index is 543. The lowest BCUT2D eigenvalue weighted by atomic mass is 10.1. The van der Waals surface area contributed by atoms with Gasteiger partial charge in [0.25, 0.3) is 0 Å². The lowest BCUT2D eigenvalue weighted by Crippen LogP contribution is -2.30. The number of hydrogen-bond acceptors (Lipinski definition) is 4. The molecule has 5 nitrogen and oxygen atoms in total. The topological polar surface area (TPSA) is 72.6 Å². The van der Waals surface area contributed by atoms with E-state index in [2.05, 4.69) is 0 Å². The highest BCUT2D eigenvalue weighted by Crippen LogP contribution is 2.24. The van der Waals surface area contributed by atoms with Gasteiger partial charge >= 0.3 is 0 Å². The Hall–Kier alpha value is -0.950. The van der Waals surface area contributed by atoms with Gasteiger partial charge in [0.1, 0.15) is 0 Å². The standard InChI is InChI=1S/C13H20N2O3S/c1-10(14)11-4-3-5-13(8-11)19(16,17)15-7-6-12(9-15)18-2/h3-5,8,10,12H,6-7,9,14H2,1-2H3. The second kappa shape index (κ2) is 5.58. The fraction of sp³-hybridized carbons (Fsp3) is 0.538. The summed E-state index contributed by atoms with van der Waals surface area (Å²) in [5.74, 6) is 0. The highest BCUT2D eigenvalue weighted by atomic mass is 32.2. The molecule has 0 radical (unpaired) electrons. The van der Waals surface area contributed by atoms with Crippen LogP contribution in [0.4, 0.5) is 0 Å². The van der Waals surface area contributed by atoms with Gasteiger partial charge in [0.05, 0.1) is 11.0 Å². The van der Waals surface area contributed by atoms with Crippen LogP contribution in [0.1, 0.15) is 24.9 Å². The van der Waals surface area contributed by atoms with Crippen molar-refractivity contribution in [3.05, 3.63) is 29.8 Å². The van der Waals surface area contributed by atoms with Crippen molar-refractivity contribution in [3.8, 4) is 0 Å². The summed E-state index contributed by atoms with van der Waals surface area (Å²) in [4.78, 5) is 0.305. The Labute approximate surface area is 114 Å². The maximum absolute atomic E-state index is 12.5. The molecule has 1 aliphatic rings. The average Bonchev–Trinajstić information content (AvgIpc) is 2.88. The van der Waals surface area contributed by atoms with E-state index in [4.69, 9.17) is 10.5 Å². The molecule has 2 rings (SSSR count). The molecule has 1 heterocycles. The molecule has 0 aromatic heterocycles. The zero-order chi connectivity index (χ0) is 14.0. The van der Waals surface area contributed by atoms with Crippen LogP contribution in [0.2, 0.25) is 0 Å². The Morgan fingerprint density at radius 1 is 1.47 bits per heavy atom. The van der Waals surface area contributed by atoms with Crippen molar-refractivity contribution in [2.75, 3.05) is 20.2 Å². The molecule has 6 heteroatoms. The molecule has 106 valence electrons. The van der Waals surface area contributed by atoms with Crippen LogP contribution < -0.4 is 5.73 Å². The first-order valence-electron chi connectivity index (χ1n) is 6.33.